The summed E-state index contributed by atoms with van der Waals surface area (Å²) in [6.45, 7) is 5.30. The molecule has 0 saturated heterocycles. The van der Waals surface area contributed by atoms with E-state index >= 15 is 0 Å². The molecule has 1 atom stereocenters. The summed E-state index contributed by atoms with van der Waals surface area (Å²) in [5, 5.41) is 14.3. The molecule has 1 aliphatic rings. The van der Waals surface area contributed by atoms with Crippen LogP contribution < -0.4 is 10.5 Å². The summed E-state index contributed by atoms with van der Waals surface area (Å²) < 4.78 is 9.96. The number of aromatic nitrogens is 4. The van der Waals surface area contributed by atoms with Gasteiger partial charge in [0.25, 0.3) is 5.88 Å². The number of aryl methyl sites for hydroxylation is 2. The second-order valence-corrected chi connectivity index (χ2v) is 8.18. The molecule has 0 saturated carbocycles. The van der Waals surface area contributed by atoms with Crippen LogP contribution in [0.3, 0.4) is 0 Å². The van der Waals surface area contributed by atoms with E-state index in [9.17, 15) is 5.26 Å². The highest BCUT2D eigenvalue weighted by molar-refractivity contribution is 7.96. The molecule has 3 heterocycles. The highest BCUT2D eigenvalue weighted by Gasteiger charge is 2.25. The molecule has 0 amide bonds. The topological polar surface area (TPSA) is 106 Å². The van der Waals surface area contributed by atoms with Crippen molar-refractivity contribution in [1.29, 1.82) is 5.26 Å². The molecule has 2 aromatic heterocycles. The summed E-state index contributed by atoms with van der Waals surface area (Å²) >= 11 is 1.63. The first-order valence-corrected chi connectivity index (χ1v) is 10.7. The van der Waals surface area contributed by atoms with Crippen molar-refractivity contribution in [3.8, 4) is 23.2 Å². The fraction of sp³-hybridized carbons (Fsp3) is 0.333. The molecule has 0 fully saturated rings. The molecule has 8 nitrogen and oxygen atoms in total. The first-order chi connectivity index (χ1) is 14.4. The molecular weight excluding hydrogens is 398 g/mol. The van der Waals surface area contributed by atoms with Gasteiger partial charge in [-0.3, -0.25) is 4.68 Å². The van der Waals surface area contributed by atoms with Gasteiger partial charge in [0.05, 0.1) is 29.7 Å². The molecule has 0 unspecified atom stereocenters. The number of ether oxygens (including phenoxy) is 1. The van der Waals surface area contributed by atoms with Crippen LogP contribution in [-0.2, 0) is 20.1 Å². The van der Waals surface area contributed by atoms with Gasteiger partial charge in [-0.1, -0.05) is 35.7 Å². The smallest absolute Gasteiger partial charge is 0.258 e. The van der Waals surface area contributed by atoms with E-state index in [0.717, 1.165) is 22.4 Å². The summed E-state index contributed by atoms with van der Waals surface area (Å²) in [6.07, 6.45) is 3.34. The molecule has 30 heavy (non-hydrogen) atoms. The molecule has 3 aromatic rings. The molecular formula is C21H23N7OS. The Morgan fingerprint density at radius 1 is 1.33 bits per heavy atom. The van der Waals surface area contributed by atoms with Gasteiger partial charge in [-0.2, -0.15) is 10.4 Å². The molecule has 2 N–H and O–H groups in total. The maximum atomic E-state index is 9.73. The van der Waals surface area contributed by atoms with E-state index in [-0.39, 0.29) is 17.8 Å². The lowest BCUT2D eigenvalue weighted by Gasteiger charge is -2.24. The van der Waals surface area contributed by atoms with Crippen LogP contribution in [0.2, 0.25) is 0 Å². The fourth-order valence-corrected chi connectivity index (χ4v) is 4.21. The number of nitrogens with zero attached hydrogens (tertiary/aromatic N) is 6. The third-order valence-electron chi connectivity index (χ3n) is 5.21. The number of rotatable bonds is 1. The van der Waals surface area contributed by atoms with Crippen LogP contribution >= 0.6 is 11.9 Å². The van der Waals surface area contributed by atoms with Gasteiger partial charge in [0.2, 0.25) is 0 Å². The van der Waals surface area contributed by atoms with Crippen LogP contribution in [0.15, 0.2) is 24.4 Å². The van der Waals surface area contributed by atoms with Crippen LogP contribution in [0.4, 0.5) is 5.82 Å². The number of nitriles is 1. The average Bonchev–Trinajstić information content (AvgIpc) is 3.04. The lowest BCUT2D eigenvalue weighted by Crippen LogP contribution is -2.19. The van der Waals surface area contributed by atoms with Gasteiger partial charge in [0.1, 0.15) is 17.9 Å². The van der Waals surface area contributed by atoms with Crippen molar-refractivity contribution in [2.24, 2.45) is 7.05 Å². The van der Waals surface area contributed by atoms with E-state index in [4.69, 9.17) is 10.5 Å². The zero-order valence-corrected chi connectivity index (χ0v) is 18.2. The van der Waals surface area contributed by atoms with Gasteiger partial charge >= 0.3 is 0 Å². The van der Waals surface area contributed by atoms with Gasteiger partial charge in [-0.15, -0.1) is 0 Å². The lowest BCUT2D eigenvalue weighted by molar-refractivity contribution is 0.216. The Hall–Kier alpha value is -3.09. The highest BCUT2D eigenvalue weighted by atomic mass is 32.2. The van der Waals surface area contributed by atoms with Gasteiger partial charge in [0.15, 0.2) is 5.82 Å². The Balaban J connectivity index is 1.94. The third-order valence-corrected chi connectivity index (χ3v) is 5.98. The van der Waals surface area contributed by atoms with E-state index in [1.54, 1.807) is 29.9 Å². The maximum Gasteiger partial charge on any atom is 0.258 e. The minimum Gasteiger partial charge on any atom is -0.467 e. The number of benzene rings is 1. The number of anilines is 1. The first kappa shape index (κ1) is 20.2. The Morgan fingerprint density at radius 2 is 2.13 bits per heavy atom. The monoisotopic (exact) mass is 421 g/mol. The van der Waals surface area contributed by atoms with Crippen molar-refractivity contribution in [1.82, 2.24) is 24.1 Å². The van der Waals surface area contributed by atoms with Crippen LogP contribution in [0.1, 0.15) is 41.1 Å². The van der Waals surface area contributed by atoms with Crippen molar-refractivity contribution in [2.45, 2.75) is 33.0 Å². The van der Waals surface area contributed by atoms with E-state index in [1.165, 1.54) is 0 Å². The molecule has 4 rings (SSSR count). The van der Waals surface area contributed by atoms with Crippen molar-refractivity contribution >= 4 is 17.8 Å². The summed E-state index contributed by atoms with van der Waals surface area (Å²) in [7, 11) is 1.76. The molecule has 1 aliphatic heterocycles. The number of hydrogen-bond donors (Lipinski definition) is 1. The summed E-state index contributed by atoms with van der Waals surface area (Å²) in [6, 6.07) is 8.61. The SMILES string of the molecule is CSN1Cc2ccc(C)cc2[C@@H](C)Oc2nc(cnc2N)-c2c(nn(C)c2C#N)C1. The van der Waals surface area contributed by atoms with Crippen molar-refractivity contribution < 1.29 is 4.74 Å². The Morgan fingerprint density at radius 3 is 2.87 bits per heavy atom. The van der Waals surface area contributed by atoms with Gasteiger partial charge in [0, 0.05) is 13.6 Å². The minimum absolute atomic E-state index is 0.214. The molecule has 0 radical (unpaired) electrons. The second kappa shape index (κ2) is 7.97. The standard InChI is InChI=1S/C21H23N7OS/c1-12-5-6-14-10-28(30-4)11-17-19(18(8-22)27(3)26-17)16-9-24-20(23)21(25-16)29-13(2)15(14)7-12/h5-7,9,13H,10-11H2,1-4H3,(H2,23,24)/t13-/m1/s1. The van der Waals surface area contributed by atoms with Crippen molar-refractivity contribution in [3.63, 3.8) is 0 Å². The molecule has 9 heteroatoms. The second-order valence-electron chi connectivity index (χ2n) is 7.29. The number of nitrogen functional groups attached to an aromatic ring is 1. The fourth-order valence-electron chi connectivity index (χ4n) is 3.69. The Labute approximate surface area is 179 Å². The molecule has 0 aliphatic carbocycles. The molecule has 0 spiro atoms. The molecule has 2 bridgehead atoms. The van der Waals surface area contributed by atoms with E-state index in [0.29, 0.717) is 30.0 Å². The normalized spacial score (nSPS) is 16.4. The zero-order chi connectivity index (χ0) is 21.4. The predicted octanol–water partition coefficient (Wildman–Crippen LogP) is 3.37. The van der Waals surface area contributed by atoms with Crippen LogP contribution in [0, 0.1) is 18.3 Å². The summed E-state index contributed by atoms with van der Waals surface area (Å²) in [4.78, 5) is 8.91. The van der Waals surface area contributed by atoms with Gasteiger partial charge < -0.3 is 10.5 Å². The number of hydrogen-bond acceptors (Lipinski definition) is 8. The Bertz CT molecular complexity index is 1150. The Kier molecular flexibility index (Phi) is 5.37. The number of fused-ring (bicyclic) bond motifs is 5. The van der Waals surface area contributed by atoms with Gasteiger partial charge in [-0.05, 0) is 31.2 Å². The summed E-state index contributed by atoms with van der Waals surface area (Å²) in [5.41, 5.74) is 11.8. The summed E-state index contributed by atoms with van der Waals surface area (Å²) in [5.74, 6) is 0.472. The minimum atomic E-state index is -0.265. The predicted molar refractivity (Wildman–Crippen MR) is 116 cm³/mol. The quantitative estimate of drug-likeness (QED) is 0.596. The van der Waals surface area contributed by atoms with Crippen molar-refractivity contribution in [2.75, 3.05) is 12.0 Å². The molecule has 1 aromatic carbocycles. The van der Waals surface area contributed by atoms with Gasteiger partial charge in [-0.25, -0.2) is 14.3 Å². The van der Waals surface area contributed by atoms with Crippen molar-refractivity contribution in [3.05, 3.63) is 52.5 Å². The van der Waals surface area contributed by atoms with E-state index < -0.39 is 0 Å². The molecule has 154 valence electrons. The maximum absolute atomic E-state index is 9.73. The average molecular weight is 422 g/mol. The van der Waals surface area contributed by atoms with E-state index in [2.05, 4.69) is 50.6 Å². The number of nitrogens with two attached hydrogens (primary N) is 1. The van der Waals surface area contributed by atoms with Crippen LogP contribution in [-0.4, -0.2) is 30.3 Å². The zero-order valence-electron chi connectivity index (χ0n) is 17.4. The first-order valence-electron chi connectivity index (χ1n) is 9.55. The van der Waals surface area contributed by atoms with Crippen LogP contribution in [0.25, 0.3) is 11.3 Å². The van der Waals surface area contributed by atoms with E-state index in [1.807, 2.05) is 13.2 Å². The third kappa shape index (κ3) is 3.60. The highest BCUT2D eigenvalue weighted by Crippen LogP contribution is 2.34. The largest absolute Gasteiger partial charge is 0.467 e. The lowest BCUT2D eigenvalue weighted by atomic mass is 10.00. The van der Waals surface area contributed by atoms with Crippen LogP contribution in [0.5, 0.6) is 5.88 Å².